The van der Waals surface area contributed by atoms with E-state index in [1.54, 1.807) is 43.4 Å². The second-order valence-electron chi connectivity index (χ2n) is 8.28. The number of aromatic nitrogens is 1. The number of nitro groups is 1. The fraction of sp³-hybridized carbons (Fsp3) is 0.115. The largest absolute Gasteiger partial charge is 0.480 e. The Bertz CT molecular complexity index is 1600. The topological polar surface area (TPSA) is 132 Å². The predicted octanol–water partition coefficient (Wildman–Crippen LogP) is 4.85. The molecule has 0 saturated carbocycles. The van der Waals surface area contributed by atoms with Gasteiger partial charge < -0.3 is 15.0 Å². The van der Waals surface area contributed by atoms with E-state index in [1.807, 2.05) is 0 Å². The van der Waals surface area contributed by atoms with E-state index in [0.29, 0.717) is 27.6 Å². The maximum atomic E-state index is 12.9. The summed E-state index contributed by atoms with van der Waals surface area (Å²) in [5, 5.41) is 24.0. The molecule has 0 aliphatic heterocycles. The van der Waals surface area contributed by atoms with Gasteiger partial charge in [-0.25, -0.2) is 4.79 Å². The quantitative estimate of drug-likeness (QED) is 0.255. The van der Waals surface area contributed by atoms with Crippen molar-refractivity contribution in [3.05, 3.63) is 108 Å². The first-order chi connectivity index (χ1) is 17.6. The predicted molar refractivity (Wildman–Crippen MR) is 140 cm³/mol. The van der Waals surface area contributed by atoms with Crippen molar-refractivity contribution in [3.8, 4) is 11.1 Å². The van der Waals surface area contributed by atoms with Crippen LogP contribution in [-0.2, 0) is 18.3 Å². The highest BCUT2D eigenvalue weighted by atomic mass is 35.5. The first-order valence-corrected chi connectivity index (χ1v) is 11.7. The number of hydrogen-bond donors (Lipinski definition) is 2. The molecule has 0 fully saturated rings. The second-order valence-corrected chi connectivity index (χ2v) is 9.10. The molecule has 0 saturated heterocycles. The first kappa shape index (κ1) is 25.9. The average molecular weight is 540 g/mol. The van der Waals surface area contributed by atoms with Crippen LogP contribution in [-0.4, -0.2) is 32.5 Å². The smallest absolute Gasteiger partial charge is 0.326 e. The van der Waals surface area contributed by atoms with Crippen LogP contribution in [0, 0.1) is 10.1 Å². The van der Waals surface area contributed by atoms with Crippen LogP contribution in [0.15, 0.2) is 71.5 Å². The molecule has 37 heavy (non-hydrogen) atoms. The molecule has 188 valence electrons. The maximum absolute atomic E-state index is 12.9. The molecule has 0 unspecified atom stereocenters. The number of carboxylic acid groups (broad SMARTS) is 1. The molecule has 0 bridgehead atoms. The summed E-state index contributed by atoms with van der Waals surface area (Å²) in [5.41, 5.74) is 1.63. The molecule has 2 N–H and O–H groups in total. The first-order valence-electron chi connectivity index (χ1n) is 10.9. The molecule has 1 atom stereocenters. The standard InChI is InChI=1S/C26H19Cl2N3O6/c1-30-22-10-9-17(31(36)37)12-16(22)13-18(25(30)33)15-7-5-14(6-8-15)11-21(26(34)35)29-24(32)23-19(27)3-2-4-20(23)28/h2-10,12-13,21H,11H2,1H3,(H,29,32)(H,34,35)/t21-/m0/s1. The average Bonchev–Trinajstić information content (AvgIpc) is 2.85. The van der Waals surface area contributed by atoms with Gasteiger partial charge in [-0.15, -0.1) is 0 Å². The molecule has 9 nitrogen and oxygen atoms in total. The maximum Gasteiger partial charge on any atom is 0.326 e. The Morgan fingerprint density at radius 1 is 1.05 bits per heavy atom. The summed E-state index contributed by atoms with van der Waals surface area (Å²) in [7, 11) is 1.58. The number of non-ortho nitro benzene ring substituents is 1. The van der Waals surface area contributed by atoms with Crippen molar-refractivity contribution in [2.45, 2.75) is 12.5 Å². The van der Waals surface area contributed by atoms with E-state index in [4.69, 9.17) is 23.2 Å². The number of carbonyl (C=O) groups excluding carboxylic acids is 1. The third-order valence-corrected chi connectivity index (χ3v) is 6.55. The van der Waals surface area contributed by atoms with Gasteiger partial charge in [0.15, 0.2) is 0 Å². The van der Waals surface area contributed by atoms with Crippen LogP contribution in [0.25, 0.3) is 22.0 Å². The van der Waals surface area contributed by atoms with Crippen LogP contribution in [0.4, 0.5) is 5.69 Å². The van der Waals surface area contributed by atoms with Gasteiger partial charge in [-0.05, 0) is 35.4 Å². The molecular formula is C26H19Cl2N3O6. The number of nitro benzene ring substituents is 1. The molecule has 0 radical (unpaired) electrons. The molecule has 0 aliphatic carbocycles. The zero-order chi connectivity index (χ0) is 26.9. The number of carbonyl (C=O) groups is 2. The highest BCUT2D eigenvalue weighted by Gasteiger charge is 2.24. The number of amides is 1. The summed E-state index contributed by atoms with van der Waals surface area (Å²) in [6, 6.07) is 15.7. The van der Waals surface area contributed by atoms with Gasteiger partial charge in [-0.3, -0.25) is 19.7 Å². The molecule has 1 aromatic heterocycles. The highest BCUT2D eigenvalue weighted by molar-refractivity contribution is 6.39. The van der Waals surface area contributed by atoms with E-state index in [0.717, 1.165) is 0 Å². The fourth-order valence-electron chi connectivity index (χ4n) is 3.99. The number of nitrogens with zero attached hydrogens (tertiary/aromatic N) is 2. The molecule has 3 aromatic carbocycles. The molecule has 0 aliphatic rings. The third kappa shape index (κ3) is 5.32. The van der Waals surface area contributed by atoms with E-state index in [2.05, 4.69) is 5.32 Å². The van der Waals surface area contributed by atoms with Crippen LogP contribution in [0.2, 0.25) is 10.0 Å². The number of aryl methyl sites for hydroxylation is 1. The van der Waals surface area contributed by atoms with Crippen molar-refractivity contribution in [1.82, 2.24) is 9.88 Å². The minimum Gasteiger partial charge on any atom is -0.480 e. The Balaban J connectivity index is 1.60. The van der Waals surface area contributed by atoms with Gasteiger partial charge >= 0.3 is 5.97 Å². The van der Waals surface area contributed by atoms with Crippen molar-refractivity contribution in [1.29, 1.82) is 0 Å². The Morgan fingerprint density at radius 3 is 2.30 bits per heavy atom. The number of nitrogens with one attached hydrogen (secondary N) is 1. The third-order valence-electron chi connectivity index (χ3n) is 5.92. The van der Waals surface area contributed by atoms with Gasteiger partial charge in [0, 0.05) is 36.6 Å². The zero-order valence-corrected chi connectivity index (χ0v) is 20.8. The summed E-state index contributed by atoms with van der Waals surface area (Å²) < 4.78 is 1.41. The molecule has 11 heteroatoms. The number of carboxylic acids is 1. The van der Waals surface area contributed by atoms with Crippen molar-refractivity contribution in [3.63, 3.8) is 0 Å². The van der Waals surface area contributed by atoms with Gasteiger partial charge in [0.1, 0.15) is 6.04 Å². The monoisotopic (exact) mass is 539 g/mol. The Morgan fingerprint density at radius 2 is 1.70 bits per heavy atom. The molecule has 0 spiro atoms. The number of benzene rings is 3. The van der Waals surface area contributed by atoms with Crippen molar-refractivity contribution >= 4 is 51.7 Å². The molecule has 4 aromatic rings. The number of rotatable bonds is 7. The molecular weight excluding hydrogens is 521 g/mol. The second kappa shape index (κ2) is 10.4. The molecule has 1 amide bonds. The number of halogens is 2. The van der Waals surface area contributed by atoms with Gasteiger partial charge in [-0.2, -0.15) is 0 Å². The summed E-state index contributed by atoms with van der Waals surface area (Å²) in [6.07, 6.45) is -0.0364. The lowest BCUT2D eigenvalue weighted by Gasteiger charge is -2.16. The van der Waals surface area contributed by atoms with Crippen LogP contribution >= 0.6 is 23.2 Å². The minimum absolute atomic E-state index is 0.0141. The van der Waals surface area contributed by atoms with Gasteiger partial charge in [-0.1, -0.05) is 53.5 Å². The van der Waals surface area contributed by atoms with E-state index < -0.39 is 22.8 Å². The van der Waals surface area contributed by atoms with Crippen LogP contribution in [0.3, 0.4) is 0 Å². The number of fused-ring (bicyclic) bond motifs is 1. The van der Waals surface area contributed by atoms with Crippen LogP contribution < -0.4 is 10.9 Å². The van der Waals surface area contributed by atoms with Gasteiger partial charge in [0.05, 0.1) is 26.0 Å². The number of aliphatic carboxylic acids is 1. The Hall–Kier alpha value is -4.21. The van der Waals surface area contributed by atoms with E-state index in [9.17, 15) is 29.6 Å². The lowest BCUT2D eigenvalue weighted by molar-refractivity contribution is -0.384. The summed E-state index contributed by atoms with van der Waals surface area (Å²) >= 11 is 12.1. The van der Waals surface area contributed by atoms with Crippen LogP contribution in [0.1, 0.15) is 15.9 Å². The lowest BCUT2D eigenvalue weighted by Crippen LogP contribution is -2.42. The SMILES string of the molecule is Cn1c(=O)c(-c2ccc(C[C@H](NC(=O)c3c(Cl)cccc3Cl)C(=O)O)cc2)cc2cc([N+](=O)[O-])ccc21. The fourth-order valence-corrected chi connectivity index (χ4v) is 4.56. The summed E-state index contributed by atoms with van der Waals surface area (Å²) in [6.45, 7) is 0. The number of hydrogen-bond acceptors (Lipinski definition) is 5. The van der Waals surface area contributed by atoms with Crippen molar-refractivity contribution in [2.75, 3.05) is 0 Å². The van der Waals surface area contributed by atoms with E-state index in [-0.39, 0.29) is 33.3 Å². The van der Waals surface area contributed by atoms with E-state index >= 15 is 0 Å². The van der Waals surface area contributed by atoms with E-state index in [1.165, 1.54) is 34.9 Å². The molecule has 1 heterocycles. The van der Waals surface area contributed by atoms with Crippen molar-refractivity contribution in [2.24, 2.45) is 7.05 Å². The van der Waals surface area contributed by atoms with Gasteiger partial charge in [0.25, 0.3) is 17.2 Å². The molecule has 4 rings (SSSR count). The highest BCUT2D eigenvalue weighted by Crippen LogP contribution is 2.26. The number of pyridine rings is 1. The Labute approximate surface area is 220 Å². The lowest BCUT2D eigenvalue weighted by atomic mass is 10.00. The summed E-state index contributed by atoms with van der Waals surface area (Å²) in [4.78, 5) is 48.1. The van der Waals surface area contributed by atoms with Crippen molar-refractivity contribution < 1.29 is 19.6 Å². The normalized spacial score (nSPS) is 11.8. The van der Waals surface area contributed by atoms with Crippen LogP contribution in [0.5, 0.6) is 0 Å². The zero-order valence-electron chi connectivity index (χ0n) is 19.3. The summed E-state index contributed by atoms with van der Waals surface area (Å²) in [5.74, 6) is -1.96. The minimum atomic E-state index is -1.26. The Kier molecular flexibility index (Phi) is 7.28. The van der Waals surface area contributed by atoms with Gasteiger partial charge in [0.2, 0.25) is 0 Å².